The third kappa shape index (κ3) is 2.98. The van der Waals surface area contributed by atoms with Gasteiger partial charge in [0, 0.05) is 11.8 Å². The predicted octanol–water partition coefficient (Wildman–Crippen LogP) is 3.48. The predicted molar refractivity (Wildman–Crippen MR) is 87.6 cm³/mol. The average molecular weight is 348 g/mol. The van der Waals surface area contributed by atoms with Gasteiger partial charge in [-0.1, -0.05) is 16.8 Å². The van der Waals surface area contributed by atoms with Gasteiger partial charge in [-0.2, -0.15) is 4.98 Å². The van der Waals surface area contributed by atoms with Crippen molar-refractivity contribution in [3.8, 4) is 40.1 Å². The Labute approximate surface area is 143 Å². The van der Waals surface area contributed by atoms with Crippen molar-refractivity contribution >= 4 is 11.6 Å². The van der Waals surface area contributed by atoms with Crippen LogP contribution in [0.1, 0.15) is 0 Å². The zero-order valence-electron chi connectivity index (χ0n) is 13.2. The Kier molecular flexibility index (Phi) is 4.52. The Bertz CT molecular complexity index is 824. The van der Waals surface area contributed by atoms with Gasteiger partial charge in [0.1, 0.15) is 5.15 Å². The molecular weight excluding hydrogens is 334 g/mol. The first-order chi connectivity index (χ1) is 11.7. The van der Waals surface area contributed by atoms with Gasteiger partial charge in [0.25, 0.3) is 5.89 Å². The van der Waals surface area contributed by atoms with Gasteiger partial charge in [0.05, 0.1) is 26.9 Å². The molecule has 0 aliphatic heterocycles. The van der Waals surface area contributed by atoms with Crippen LogP contribution < -0.4 is 14.2 Å². The first kappa shape index (κ1) is 16.1. The molecule has 7 nitrogen and oxygen atoms in total. The molecule has 3 rings (SSSR count). The van der Waals surface area contributed by atoms with Crippen LogP contribution in [-0.2, 0) is 0 Å². The topological polar surface area (TPSA) is 79.5 Å². The summed E-state index contributed by atoms with van der Waals surface area (Å²) in [6.07, 6.45) is 1.56. The monoisotopic (exact) mass is 347 g/mol. The minimum atomic E-state index is 0.336. The smallest absolute Gasteiger partial charge is 0.259 e. The molecule has 0 atom stereocenters. The highest BCUT2D eigenvalue weighted by Gasteiger charge is 2.17. The summed E-state index contributed by atoms with van der Waals surface area (Å²) in [4.78, 5) is 8.37. The Hall–Kier alpha value is -2.80. The number of pyridine rings is 1. The summed E-state index contributed by atoms with van der Waals surface area (Å²) in [7, 11) is 4.63. The van der Waals surface area contributed by atoms with E-state index in [1.54, 1.807) is 51.8 Å². The van der Waals surface area contributed by atoms with Crippen molar-refractivity contribution in [3.05, 3.63) is 35.6 Å². The molecule has 0 aliphatic carbocycles. The van der Waals surface area contributed by atoms with Gasteiger partial charge in [-0.05, 0) is 24.3 Å². The molecular formula is C16H14ClN3O4. The summed E-state index contributed by atoms with van der Waals surface area (Å²) >= 11 is 5.78. The van der Waals surface area contributed by atoms with Gasteiger partial charge < -0.3 is 18.7 Å². The van der Waals surface area contributed by atoms with Crippen LogP contribution in [0.25, 0.3) is 22.8 Å². The van der Waals surface area contributed by atoms with E-state index in [0.717, 1.165) is 0 Å². The van der Waals surface area contributed by atoms with Gasteiger partial charge in [-0.15, -0.1) is 0 Å². The minimum Gasteiger partial charge on any atom is -0.493 e. The summed E-state index contributed by atoms with van der Waals surface area (Å²) < 4.78 is 21.3. The standard InChI is InChI=1S/C16H14ClN3O4/c1-21-11-6-10(7-12(22-2)14(11)23-3)15-19-16(24-20-15)9-4-5-13(17)18-8-9/h4-8H,1-3H3. The van der Waals surface area contributed by atoms with Crippen LogP contribution in [0.15, 0.2) is 35.0 Å². The molecule has 0 aliphatic rings. The molecule has 1 aromatic carbocycles. The molecule has 2 aromatic heterocycles. The number of halogens is 1. The third-order valence-electron chi connectivity index (χ3n) is 3.32. The van der Waals surface area contributed by atoms with Crippen molar-refractivity contribution < 1.29 is 18.7 Å². The molecule has 0 amide bonds. The summed E-state index contributed by atoms with van der Waals surface area (Å²) in [6, 6.07) is 6.90. The van der Waals surface area contributed by atoms with Crippen molar-refractivity contribution in [2.45, 2.75) is 0 Å². The molecule has 0 radical (unpaired) electrons. The maximum Gasteiger partial charge on any atom is 0.259 e. The molecule has 0 unspecified atom stereocenters. The largest absolute Gasteiger partial charge is 0.493 e. The van der Waals surface area contributed by atoms with E-state index in [4.69, 9.17) is 30.3 Å². The van der Waals surface area contributed by atoms with E-state index >= 15 is 0 Å². The van der Waals surface area contributed by atoms with Crippen LogP contribution in [0.2, 0.25) is 5.15 Å². The fourth-order valence-electron chi connectivity index (χ4n) is 2.17. The summed E-state index contributed by atoms with van der Waals surface area (Å²) in [5.41, 5.74) is 1.34. The lowest BCUT2D eigenvalue weighted by Gasteiger charge is -2.12. The molecule has 0 N–H and O–H groups in total. The molecule has 0 spiro atoms. The molecule has 124 valence electrons. The lowest BCUT2D eigenvalue weighted by Crippen LogP contribution is -1.96. The Morgan fingerprint density at radius 3 is 2.21 bits per heavy atom. The zero-order chi connectivity index (χ0) is 17.1. The van der Waals surface area contributed by atoms with E-state index in [1.807, 2.05) is 0 Å². The van der Waals surface area contributed by atoms with Crippen molar-refractivity contribution in [1.29, 1.82) is 0 Å². The molecule has 2 heterocycles. The lowest BCUT2D eigenvalue weighted by molar-refractivity contribution is 0.324. The van der Waals surface area contributed by atoms with Crippen molar-refractivity contribution in [3.63, 3.8) is 0 Å². The van der Waals surface area contributed by atoms with E-state index in [-0.39, 0.29) is 0 Å². The SMILES string of the molecule is COc1cc(-c2noc(-c3ccc(Cl)nc3)n2)cc(OC)c1OC. The third-order valence-corrected chi connectivity index (χ3v) is 3.55. The molecule has 24 heavy (non-hydrogen) atoms. The maximum atomic E-state index is 5.78. The molecule has 3 aromatic rings. The molecule has 0 saturated heterocycles. The number of aromatic nitrogens is 3. The number of ether oxygens (including phenoxy) is 3. The van der Waals surface area contributed by atoms with Gasteiger partial charge in [0.15, 0.2) is 11.5 Å². The molecule has 0 bridgehead atoms. The molecule has 0 fully saturated rings. The van der Waals surface area contributed by atoms with Crippen molar-refractivity contribution in [1.82, 2.24) is 15.1 Å². The summed E-state index contributed by atoms with van der Waals surface area (Å²) in [6.45, 7) is 0. The van der Waals surface area contributed by atoms with Crippen LogP contribution >= 0.6 is 11.6 Å². The normalized spacial score (nSPS) is 10.5. The maximum absolute atomic E-state index is 5.78. The second-order valence-electron chi connectivity index (χ2n) is 4.71. The van der Waals surface area contributed by atoms with E-state index < -0.39 is 0 Å². The fraction of sp³-hybridized carbons (Fsp3) is 0.188. The fourth-order valence-corrected chi connectivity index (χ4v) is 2.28. The van der Waals surface area contributed by atoms with Gasteiger partial charge in [-0.3, -0.25) is 0 Å². The second kappa shape index (κ2) is 6.76. The summed E-state index contributed by atoms with van der Waals surface area (Å²) in [5.74, 6) is 2.23. The average Bonchev–Trinajstić information content (AvgIpc) is 3.11. The van der Waals surface area contributed by atoms with E-state index in [2.05, 4.69) is 15.1 Å². The van der Waals surface area contributed by atoms with Crippen LogP contribution in [-0.4, -0.2) is 36.5 Å². The van der Waals surface area contributed by atoms with Gasteiger partial charge in [0.2, 0.25) is 11.6 Å². The quantitative estimate of drug-likeness (QED) is 0.653. The number of nitrogens with zero attached hydrogens (tertiary/aromatic N) is 3. The highest BCUT2D eigenvalue weighted by molar-refractivity contribution is 6.29. The van der Waals surface area contributed by atoms with Gasteiger partial charge in [-0.25, -0.2) is 4.98 Å². The lowest BCUT2D eigenvalue weighted by atomic mass is 10.1. The number of benzene rings is 1. The first-order valence-electron chi connectivity index (χ1n) is 6.92. The summed E-state index contributed by atoms with van der Waals surface area (Å²) in [5, 5.41) is 4.38. The van der Waals surface area contributed by atoms with Crippen LogP contribution in [0.4, 0.5) is 0 Å². The number of methoxy groups -OCH3 is 3. The highest BCUT2D eigenvalue weighted by atomic mass is 35.5. The first-order valence-corrected chi connectivity index (χ1v) is 7.30. The van der Waals surface area contributed by atoms with Gasteiger partial charge >= 0.3 is 0 Å². The Balaban J connectivity index is 2.02. The Morgan fingerprint density at radius 1 is 0.958 bits per heavy atom. The van der Waals surface area contributed by atoms with Crippen molar-refractivity contribution in [2.24, 2.45) is 0 Å². The minimum absolute atomic E-state index is 0.336. The van der Waals surface area contributed by atoms with Crippen LogP contribution in [0, 0.1) is 0 Å². The molecule has 0 saturated carbocycles. The number of hydrogen-bond donors (Lipinski definition) is 0. The second-order valence-corrected chi connectivity index (χ2v) is 5.09. The van der Waals surface area contributed by atoms with Crippen LogP contribution in [0.5, 0.6) is 17.2 Å². The van der Waals surface area contributed by atoms with Crippen molar-refractivity contribution in [2.75, 3.05) is 21.3 Å². The highest BCUT2D eigenvalue weighted by Crippen LogP contribution is 2.40. The van der Waals surface area contributed by atoms with E-state index in [9.17, 15) is 0 Å². The van der Waals surface area contributed by atoms with E-state index in [1.165, 1.54) is 0 Å². The molecule has 8 heteroatoms. The zero-order valence-corrected chi connectivity index (χ0v) is 14.0. The number of hydrogen-bond acceptors (Lipinski definition) is 7. The van der Waals surface area contributed by atoms with Crippen LogP contribution in [0.3, 0.4) is 0 Å². The number of rotatable bonds is 5. The Morgan fingerprint density at radius 2 is 1.67 bits per heavy atom. The van der Waals surface area contributed by atoms with E-state index in [0.29, 0.717) is 45.2 Å².